The van der Waals surface area contributed by atoms with Crippen molar-refractivity contribution in [2.45, 2.75) is 32.2 Å². The van der Waals surface area contributed by atoms with Crippen LogP contribution in [0.4, 0.5) is 0 Å². The molecule has 1 aliphatic heterocycles. The van der Waals surface area contributed by atoms with E-state index < -0.39 is 0 Å². The van der Waals surface area contributed by atoms with E-state index in [9.17, 15) is 4.79 Å². The minimum absolute atomic E-state index is 0.321. The van der Waals surface area contributed by atoms with Crippen molar-refractivity contribution < 1.29 is 4.79 Å². The lowest BCUT2D eigenvalue weighted by atomic mass is 10.1. The summed E-state index contributed by atoms with van der Waals surface area (Å²) in [6, 6.07) is 0.544. The third-order valence-electron chi connectivity index (χ3n) is 3.42. The molecule has 94 valence electrons. The van der Waals surface area contributed by atoms with Crippen LogP contribution in [-0.2, 0) is 4.79 Å². The number of amides is 1. The highest BCUT2D eigenvalue weighted by molar-refractivity contribution is 5.76. The molecular weight excluding hydrogens is 202 g/mol. The van der Waals surface area contributed by atoms with Gasteiger partial charge in [0, 0.05) is 32.1 Å². The van der Waals surface area contributed by atoms with Crippen LogP contribution in [0.3, 0.4) is 0 Å². The Morgan fingerprint density at radius 3 is 2.81 bits per heavy atom. The van der Waals surface area contributed by atoms with Crippen molar-refractivity contribution in [2.75, 3.05) is 40.3 Å². The number of nitrogens with zero attached hydrogens (tertiary/aromatic N) is 2. The van der Waals surface area contributed by atoms with Crippen molar-refractivity contribution in [1.29, 1.82) is 0 Å². The first kappa shape index (κ1) is 13.5. The Morgan fingerprint density at radius 2 is 2.19 bits per heavy atom. The summed E-state index contributed by atoms with van der Waals surface area (Å²) in [6.07, 6.45) is 2.75. The molecule has 4 heteroatoms. The zero-order valence-electron chi connectivity index (χ0n) is 10.8. The second-order valence-electron chi connectivity index (χ2n) is 4.59. The SMILES string of the molecule is CCC1CN(C(=O)CCCNC)CCN1C. The minimum Gasteiger partial charge on any atom is -0.340 e. The lowest BCUT2D eigenvalue weighted by molar-refractivity contribution is -0.134. The van der Waals surface area contributed by atoms with Crippen LogP contribution in [0.15, 0.2) is 0 Å². The van der Waals surface area contributed by atoms with E-state index in [1.807, 2.05) is 11.9 Å². The number of hydrogen-bond acceptors (Lipinski definition) is 3. The molecule has 0 spiro atoms. The van der Waals surface area contributed by atoms with Gasteiger partial charge in [0.25, 0.3) is 0 Å². The van der Waals surface area contributed by atoms with Crippen LogP contribution in [0.2, 0.25) is 0 Å². The quantitative estimate of drug-likeness (QED) is 0.696. The first-order chi connectivity index (χ1) is 7.69. The predicted octanol–water partition coefficient (Wildman–Crippen LogP) is 0.539. The highest BCUT2D eigenvalue weighted by Gasteiger charge is 2.25. The Hall–Kier alpha value is -0.610. The molecule has 1 aliphatic rings. The van der Waals surface area contributed by atoms with Crippen LogP contribution in [0.5, 0.6) is 0 Å². The molecule has 1 N–H and O–H groups in total. The molecule has 0 aromatic carbocycles. The Bertz CT molecular complexity index is 220. The monoisotopic (exact) mass is 227 g/mol. The van der Waals surface area contributed by atoms with Crippen molar-refractivity contribution in [3.8, 4) is 0 Å². The van der Waals surface area contributed by atoms with Crippen LogP contribution in [0.25, 0.3) is 0 Å². The van der Waals surface area contributed by atoms with Gasteiger partial charge >= 0.3 is 0 Å². The number of carbonyl (C=O) groups is 1. The number of nitrogens with one attached hydrogen (secondary N) is 1. The summed E-state index contributed by atoms with van der Waals surface area (Å²) >= 11 is 0. The van der Waals surface area contributed by atoms with Gasteiger partial charge in [-0.15, -0.1) is 0 Å². The van der Waals surface area contributed by atoms with Crippen molar-refractivity contribution in [2.24, 2.45) is 0 Å². The summed E-state index contributed by atoms with van der Waals surface area (Å²) in [7, 11) is 4.07. The van der Waals surface area contributed by atoms with E-state index in [-0.39, 0.29) is 0 Å². The van der Waals surface area contributed by atoms with Gasteiger partial charge in [-0.1, -0.05) is 6.92 Å². The average molecular weight is 227 g/mol. The van der Waals surface area contributed by atoms with Gasteiger partial charge in [0.05, 0.1) is 0 Å². The summed E-state index contributed by atoms with van der Waals surface area (Å²) in [6.45, 7) is 5.93. The molecule has 1 heterocycles. The van der Waals surface area contributed by atoms with E-state index in [2.05, 4.69) is 24.2 Å². The Kier molecular flexibility index (Phi) is 5.77. The molecule has 0 aliphatic carbocycles. The van der Waals surface area contributed by atoms with Gasteiger partial charge < -0.3 is 10.2 Å². The van der Waals surface area contributed by atoms with E-state index in [0.717, 1.165) is 39.0 Å². The number of hydrogen-bond donors (Lipinski definition) is 1. The maximum Gasteiger partial charge on any atom is 0.222 e. The highest BCUT2D eigenvalue weighted by atomic mass is 16.2. The van der Waals surface area contributed by atoms with Gasteiger partial charge in [0.1, 0.15) is 0 Å². The molecule has 0 aromatic rings. The molecule has 1 atom stereocenters. The van der Waals surface area contributed by atoms with Gasteiger partial charge in [-0.05, 0) is 33.5 Å². The summed E-state index contributed by atoms with van der Waals surface area (Å²) in [5.74, 6) is 0.321. The molecule has 4 nitrogen and oxygen atoms in total. The molecule has 0 saturated carbocycles. The van der Waals surface area contributed by atoms with E-state index in [1.165, 1.54) is 0 Å². The van der Waals surface area contributed by atoms with Crippen LogP contribution in [0.1, 0.15) is 26.2 Å². The largest absolute Gasteiger partial charge is 0.340 e. The summed E-state index contributed by atoms with van der Waals surface area (Å²) < 4.78 is 0. The first-order valence-corrected chi connectivity index (χ1v) is 6.31. The molecular formula is C12H25N3O. The molecule has 1 rings (SSSR count). The fraction of sp³-hybridized carbons (Fsp3) is 0.917. The second kappa shape index (κ2) is 6.86. The molecule has 0 radical (unpaired) electrons. The van der Waals surface area contributed by atoms with Crippen molar-refractivity contribution in [3.05, 3.63) is 0 Å². The Morgan fingerprint density at radius 1 is 1.44 bits per heavy atom. The van der Waals surface area contributed by atoms with Crippen LogP contribution in [-0.4, -0.2) is 62.0 Å². The lowest BCUT2D eigenvalue weighted by Gasteiger charge is -2.39. The number of piperazine rings is 1. The molecule has 1 fully saturated rings. The van der Waals surface area contributed by atoms with Gasteiger partial charge in [-0.3, -0.25) is 9.69 Å². The molecule has 0 bridgehead atoms. The standard InChI is InChI=1S/C12H25N3O/c1-4-11-10-15(9-8-14(11)3)12(16)6-5-7-13-2/h11,13H,4-10H2,1-3H3. The predicted molar refractivity (Wildman–Crippen MR) is 66.4 cm³/mol. The normalized spacial score (nSPS) is 22.4. The van der Waals surface area contributed by atoms with E-state index >= 15 is 0 Å². The van der Waals surface area contributed by atoms with Crippen molar-refractivity contribution in [1.82, 2.24) is 15.1 Å². The van der Waals surface area contributed by atoms with Gasteiger partial charge in [0.2, 0.25) is 5.91 Å². The van der Waals surface area contributed by atoms with Gasteiger partial charge in [-0.2, -0.15) is 0 Å². The van der Waals surface area contributed by atoms with Crippen LogP contribution in [0, 0.1) is 0 Å². The highest BCUT2D eigenvalue weighted by Crippen LogP contribution is 2.11. The lowest BCUT2D eigenvalue weighted by Crippen LogP contribution is -2.52. The van der Waals surface area contributed by atoms with Crippen molar-refractivity contribution in [3.63, 3.8) is 0 Å². The Balaban J connectivity index is 2.33. The number of rotatable bonds is 5. The third kappa shape index (κ3) is 3.76. The second-order valence-corrected chi connectivity index (χ2v) is 4.59. The minimum atomic E-state index is 0.321. The van der Waals surface area contributed by atoms with E-state index in [4.69, 9.17) is 0 Å². The van der Waals surface area contributed by atoms with Gasteiger partial charge in [0.15, 0.2) is 0 Å². The topological polar surface area (TPSA) is 35.6 Å². The molecule has 1 amide bonds. The number of likely N-dealkylation sites (N-methyl/N-ethyl adjacent to an activating group) is 1. The number of carbonyl (C=O) groups excluding carboxylic acids is 1. The van der Waals surface area contributed by atoms with E-state index in [0.29, 0.717) is 18.4 Å². The zero-order valence-corrected chi connectivity index (χ0v) is 10.8. The first-order valence-electron chi connectivity index (χ1n) is 6.31. The average Bonchev–Trinajstić information content (AvgIpc) is 2.30. The summed E-state index contributed by atoms with van der Waals surface area (Å²) in [5, 5.41) is 3.07. The molecule has 16 heavy (non-hydrogen) atoms. The fourth-order valence-electron chi connectivity index (χ4n) is 2.19. The van der Waals surface area contributed by atoms with E-state index in [1.54, 1.807) is 0 Å². The summed E-state index contributed by atoms with van der Waals surface area (Å²) in [5.41, 5.74) is 0. The zero-order chi connectivity index (χ0) is 12.0. The molecule has 1 unspecified atom stereocenters. The van der Waals surface area contributed by atoms with Crippen LogP contribution >= 0.6 is 0 Å². The fourth-order valence-corrected chi connectivity index (χ4v) is 2.19. The summed E-state index contributed by atoms with van der Waals surface area (Å²) in [4.78, 5) is 16.3. The maximum atomic E-state index is 11.9. The molecule has 1 saturated heterocycles. The maximum absolute atomic E-state index is 11.9. The molecule has 0 aromatic heterocycles. The van der Waals surface area contributed by atoms with Gasteiger partial charge in [-0.25, -0.2) is 0 Å². The van der Waals surface area contributed by atoms with Crippen molar-refractivity contribution >= 4 is 5.91 Å². The smallest absolute Gasteiger partial charge is 0.222 e. The van der Waals surface area contributed by atoms with Crippen LogP contribution < -0.4 is 5.32 Å². The Labute approximate surface area is 99.0 Å². The third-order valence-corrected chi connectivity index (χ3v) is 3.42.